The summed E-state index contributed by atoms with van der Waals surface area (Å²) >= 11 is 0. The summed E-state index contributed by atoms with van der Waals surface area (Å²) in [4.78, 5) is 0. The van der Waals surface area contributed by atoms with Crippen molar-refractivity contribution in [3.63, 3.8) is 0 Å². The summed E-state index contributed by atoms with van der Waals surface area (Å²) in [6.07, 6.45) is 13.9. The highest BCUT2D eigenvalue weighted by Gasteiger charge is 2.71. The van der Waals surface area contributed by atoms with E-state index in [1.54, 1.807) is 0 Å². The van der Waals surface area contributed by atoms with Gasteiger partial charge in [-0.15, -0.1) is 0 Å². The third kappa shape index (κ3) is 1.91. The van der Waals surface area contributed by atoms with E-state index in [1.807, 2.05) is 0 Å². The molecule has 176 valence electrons. The van der Waals surface area contributed by atoms with Crippen molar-refractivity contribution in [3.8, 4) is 0 Å². The fourth-order valence-electron chi connectivity index (χ4n) is 7.46. The lowest BCUT2D eigenvalue weighted by Crippen LogP contribution is -2.70. The molecule has 2 aromatic carbocycles. The maximum absolute atomic E-state index is 2.57. The standard InChI is InChI=1S/C34H22N4/c1-21-7-9-23(10-8-21)33-30-17-13-26-19-24-11-15-28-32(22-5-3-2-4-6-22)29-16-12-25-20-27-14-18-31(33)38(27)34(35(24)28,36(25)29)37(26)30/h2-20H,1H3/q+2. The van der Waals surface area contributed by atoms with Gasteiger partial charge < -0.3 is 0 Å². The Morgan fingerprint density at radius 3 is 2.37 bits per heavy atom. The maximum atomic E-state index is 2.57. The topological polar surface area (TPSA) is 15.9 Å². The van der Waals surface area contributed by atoms with E-state index < -0.39 is 5.91 Å². The number of aryl methyl sites for hydroxylation is 1. The Labute approximate surface area is 219 Å². The molecular weight excluding hydrogens is 464 g/mol. The Hall–Kier alpha value is -4.96. The molecule has 6 aliphatic heterocycles. The molecule has 4 heteroatoms. The van der Waals surface area contributed by atoms with Gasteiger partial charge in [0.15, 0.2) is 0 Å². The van der Waals surface area contributed by atoms with E-state index in [2.05, 4.69) is 141 Å². The largest absolute Gasteiger partial charge is 0.553 e. The molecule has 0 N–H and O–H groups in total. The van der Waals surface area contributed by atoms with Crippen molar-refractivity contribution in [1.29, 1.82) is 0 Å². The molecule has 38 heavy (non-hydrogen) atoms. The number of rotatable bonds is 2. The molecule has 1 atom stereocenters. The van der Waals surface area contributed by atoms with Crippen LogP contribution in [0.1, 0.15) is 28.1 Å². The minimum Gasteiger partial charge on any atom is -0.199 e. The van der Waals surface area contributed by atoms with E-state index in [0.717, 1.165) is 0 Å². The van der Waals surface area contributed by atoms with E-state index in [0.29, 0.717) is 0 Å². The van der Waals surface area contributed by atoms with Crippen LogP contribution in [0.2, 0.25) is 0 Å². The normalized spacial score (nSPS) is 22.2. The highest BCUT2D eigenvalue weighted by atomic mass is 15.6. The summed E-state index contributed by atoms with van der Waals surface area (Å²) < 4.78 is 10.3. The second kappa shape index (κ2) is 6.12. The lowest BCUT2D eigenvalue weighted by Gasteiger charge is -2.39. The summed E-state index contributed by atoms with van der Waals surface area (Å²) in [5.41, 5.74) is 13.7. The average Bonchev–Trinajstić information content (AvgIpc) is 3.74. The number of aromatic nitrogens is 2. The van der Waals surface area contributed by atoms with Gasteiger partial charge in [0.05, 0.1) is 22.1 Å². The van der Waals surface area contributed by atoms with Gasteiger partial charge in [0.2, 0.25) is 22.8 Å². The molecular formula is C34H22N4+2. The summed E-state index contributed by atoms with van der Waals surface area (Å²) in [5, 5.41) is 2.47. The fourth-order valence-corrected chi connectivity index (χ4v) is 7.46. The molecule has 0 bridgehead atoms. The van der Waals surface area contributed by atoms with E-state index in [1.165, 1.54) is 72.7 Å². The molecule has 4 nitrogen and oxygen atoms in total. The van der Waals surface area contributed by atoms with Gasteiger partial charge in [0.1, 0.15) is 5.57 Å². The Morgan fingerprint density at radius 2 is 1.50 bits per heavy atom. The Kier molecular flexibility index (Phi) is 3.09. The second-order valence-corrected chi connectivity index (χ2v) is 10.8. The molecule has 0 saturated carbocycles. The van der Waals surface area contributed by atoms with Crippen LogP contribution in [0.5, 0.6) is 0 Å². The van der Waals surface area contributed by atoms with Gasteiger partial charge in [-0.05, 0) is 42.3 Å². The van der Waals surface area contributed by atoms with Crippen molar-refractivity contribution in [2.45, 2.75) is 12.8 Å². The van der Waals surface area contributed by atoms with Crippen molar-refractivity contribution in [2.24, 2.45) is 0 Å². The molecule has 0 aliphatic carbocycles. The van der Waals surface area contributed by atoms with E-state index in [4.69, 9.17) is 0 Å². The lowest BCUT2D eigenvalue weighted by molar-refractivity contribution is -0.835. The monoisotopic (exact) mass is 486 g/mol. The van der Waals surface area contributed by atoms with Crippen molar-refractivity contribution in [3.05, 3.63) is 153 Å². The number of allylic oxidation sites excluding steroid dienone is 5. The number of benzene rings is 2. The molecule has 1 spiro atoms. The highest BCUT2D eigenvalue weighted by Crippen LogP contribution is 2.48. The predicted molar refractivity (Wildman–Crippen MR) is 149 cm³/mol. The number of hydrogen-bond acceptors (Lipinski definition) is 0. The van der Waals surface area contributed by atoms with Crippen LogP contribution >= 0.6 is 0 Å². The van der Waals surface area contributed by atoms with E-state index in [-0.39, 0.29) is 0 Å². The van der Waals surface area contributed by atoms with Crippen LogP contribution in [0.25, 0.3) is 23.3 Å². The molecule has 10 rings (SSSR count). The van der Waals surface area contributed by atoms with Crippen LogP contribution in [-0.4, -0.2) is 29.7 Å². The lowest BCUT2D eigenvalue weighted by atomic mass is 9.94. The first-order chi connectivity index (χ1) is 18.7. The molecule has 2 aromatic heterocycles. The van der Waals surface area contributed by atoms with Gasteiger partial charge >= 0.3 is 5.91 Å². The zero-order valence-electron chi connectivity index (χ0n) is 20.8. The smallest absolute Gasteiger partial charge is 0.199 e. The Morgan fingerprint density at radius 1 is 0.658 bits per heavy atom. The summed E-state index contributed by atoms with van der Waals surface area (Å²) in [6.45, 7) is 2.15. The fraction of sp³-hybridized carbons (Fsp3) is 0.0588. The van der Waals surface area contributed by atoms with E-state index >= 15 is 0 Å². The number of hydrogen-bond donors (Lipinski definition) is 0. The molecule has 8 heterocycles. The minimum atomic E-state index is -0.597. The van der Waals surface area contributed by atoms with Gasteiger partial charge in [-0.25, -0.2) is 0 Å². The molecule has 0 fully saturated rings. The minimum absolute atomic E-state index is 0.597. The van der Waals surface area contributed by atoms with Gasteiger partial charge in [-0.3, -0.25) is 0 Å². The summed E-state index contributed by atoms with van der Waals surface area (Å²) in [6, 6.07) is 29.0. The zero-order valence-corrected chi connectivity index (χ0v) is 20.8. The molecule has 0 radical (unpaired) electrons. The molecule has 1 unspecified atom stereocenters. The van der Waals surface area contributed by atoms with Crippen molar-refractivity contribution in [1.82, 2.24) is 9.13 Å². The number of nitrogens with zero attached hydrogens (tertiary/aromatic N) is 4. The van der Waals surface area contributed by atoms with Crippen molar-refractivity contribution in [2.75, 3.05) is 0 Å². The van der Waals surface area contributed by atoms with E-state index in [9.17, 15) is 0 Å². The molecule has 0 saturated heterocycles. The van der Waals surface area contributed by atoms with Crippen molar-refractivity contribution < 1.29 is 9.15 Å². The van der Waals surface area contributed by atoms with Crippen LogP contribution < -0.4 is 10.7 Å². The van der Waals surface area contributed by atoms with Crippen molar-refractivity contribution >= 4 is 34.7 Å². The van der Waals surface area contributed by atoms with Gasteiger partial charge in [-0.2, -0.15) is 9.13 Å². The van der Waals surface area contributed by atoms with Crippen LogP contribution in [-0.2, 0) is 5.91 Å². The van der Waals surface area contributed by atoms with Crippen LogP contribution in [0, 0.1) is 6.92 Å². The second-order valence-electron chi connectivity index (χ2n) is 10.8. The SMILES string of the molecule is Cc1ccc(C2=C3C=CC4=[N+]3C35n6c(ccc6C(c6ccccc6)=c6ccc(n63)=C4)C=C3C=CC2=[N+]35)cc1. The molecule has 6 aliphatic rings. The Balaban J connectivity index is 1.43. The molecule has 0 amide bonds. The average molecular weight is 487 g/mol. The predicted octanol–water partition coefficient (Wildman–Crippen LogP) is 3.89. The van der Waals surface area contributed by atoms with Crippen LogP contribution in [0.3, 0.4) is 0 Å². The maximum Gasteiger partial charge on any atom is 0.553 e. The van der Waals surface area contributed by atoms with Gasteiger partial charge in [0.25, 0.3) is 0 Å². The third-order valence-corrected chi connectivity index (χ3v) is 8.86. The first kappa shape index (κ1) is 19.2. The van der Waals surface area contributed by atoms with Gasteiger partial charge in [-0.1, -0.05) is 69.3 Å². The summed E-state index contributed by atoms with van der Waals surface area (Å²) in [7, 11) is 0. The van der Waals surface area contributed by atoms with Crippen LogP contribution in [0.4, 0.5) is 0 Å². The Bertz CT molecular complexity index is 2150. The third-order valence-electron chi connectivity index (χ3n) is 8.86. The zero-order chi connectivity index (χ0) is 24.7. The first-order valence-corrected chi connectivity index (χ1v) is 13.2. The van der Waals surface area contributed by atoms with Gasteiger partial charge in [0, 0.05) is 42.0 Å². The summed E-state index contributed by atoms with van der Waals surface area (Å²) in [5.74, 6) is -0.597. The first-order valence-electron chi connectivity index (χ1n) is 13.2. The highest BCUT2D eigenvalue weighted by molar-refractivity contribution is 6.30. The van der Waals surface area contributed by atoms with Crippen LogP contribution in [0.15, 0.2) is 115 Å². The quantitative estimate of drug-likeness (QED) is 0.382. The molecule has 4 aromatic rings.